The Labute approximate surface area is 90.3 Å². The fourth-order valence-electron chi connectivity index (χ4n) is 1.80. The highest BCUT2D eigenvalue weighted by Gasteiger charge is 2.08. The van der Waals surface area contributed by atoms with Crippen LogP contribution in [0.15, 0.2) is 24.3 Å². The molecule has 0 unspecified atom stereocenters. The SMILES string of the molecule is N#Cc1ccc(N2CCCCCN2)cc1. The molecule has 1 aliphatic rings. The second-order valence-electron chi connectivity index (χ2n) is 3.78. The second-order valence-corrected chi connectivity index (χ2v) is 3.78. The number of nitriles is 1. The van der Waals surface area contributed by atoms with Gasteiger partial charge >= 0.3 is 0 Å². The summed E-state index contributed by atoms with van der Waals surface area (Å²) in [4.78, 5) is 0. The van der Waals surface area contributed by atoms with Crippen molar-refractivity contribution < 1.29 is 0 Å². The van der Waals surface area contributed by atoms with E-state index in [-0.39, 0.29) is 0 Å². The van der Waals surface area contributed by atoms with E-state index in [2.05, 4.69) is 16.5 Å². The molecule has 1 N–H and O–H groups in total. The molecule has 0 atom stereocenters. The lowest BCUT2D eigenvalue weighted by molar-refractivity contribution is 0.661. The zero-order valence-corrected chi connectivity index (χ0v) is 8.74. The van der Waals surface area contributed by atoms with Gasteiger partial charge in [0.2, 0.25) is 0 Å². The van der Waals surface area contributed by atoms with Gasteiger partial charge < -0.3 is 5.01 Å². The summed E-state index contributed by atoms with van der Waals surface area (Å²) in [7, 11) is 0. The maximum Gasteiger partial charge on any atom is 0.0991 e. The molecule has 15 heavy (non-hydrogen) atoms. The van der Waals surface area contributed by atoms with Crippen LogP contribution in [0.1, 0.15) is 24.8 Å². The van der Waals surface area contributed by atoms with Crippen LogP contribution in [0, 0.1) is 11.3 Å². The van der Waals surface area contributed by atoms with Gasteiger partial charge in [-0.15, -0.1) is 0 Å². The van der Waals surface area contributed by atoms with E-state index < -0.39 is 0 Å². The summed E-state index contributed by atoms with van der Waals surface area (Å²) < 4.78 is 0. The van der Waals surface area contributed by atoms with Gasteiger partial charge in [0.1, 0.15) is 0 Å². The molecule has 0 saturated carbocycles. The maximum atomic E-state index is 8.70. The molecule has 0 radical (unpaired) electrons. The molecule has 3 nitrogen and oxygen atoms in total. The van der Waals surface area contributed by atoms with Gasteiger partial charge in [-0.2, -0.15) is 5.26 Å². The molecule has 0 amide bonds. The standard InChI is InChI=1S/C12H15N3/c13-10-11-4-6-12(7-5-11)15-9-3-1-2-8-14-15/h4-7,14H,1-3,8-9H2. The van der Waals surface area contributed by atoms with Crippen LogP contribution in [0.4, 0.5) is 5.69 Å². The van der Waals surface area contributed by atoms with Crippen LogP contribution in [0.25, 0.3) is 0 Å². The number of hydrazine groups is 1. The zero-order chi connectivity index (χ0) is 10.5. The third kappa shape index (κ3) is 2.48. The number of nitrogens with zero attached hydrogens (tertiary/aromatic N) is 2. The van der Waals surface area contributed by atoms with Gasteiger partial charge in [0.15, 0.2) is 0 Å². The van der Waals surface area contributed by atoms with Crippen molar-refractivity contribution in [2.75, 3.05) is 18.1 Å². The molecule has 0 spiro atoms. The molecule has 2 rings (SSSR count). The van der Waals surface area contributed by atoms with E-state index in [9.17, 15) is 0 Å². The average molecular weight is 201 g/mol. The normalized spacial score (nSPS) is 16.9. The van der Waals surface area contributed by atoms with Crippen molar-refractivity contribution in [3.63, 3.8) is 0 Å². The summed E-state index contributed by atoms with van der Waals surface area (Å²) in [6.45, 7) is 2.09. The first-order valence-corrected chi connectivity index (χ1v) is 5.41. The summed E-state index contributed by atoms with van der Waals surface area (Å²) in [5.74, 6) is 0. The van der Waals surface area contributed by atoms with E-state index in [1.807, 2.05) is 24.3 Å². The lowest BCUT2D eigenvalue weighted by Gasteiger charge is -2.23. The summed E-state index contributed by atoms with van der Waals surface area (Å²) >= 11 is 0. The maximum absolute atomic E-state index is 8.70. The number of hydrogen-bond acceptors (Lipinski definition) is 3. The molecule has 0 aliphatic carbocycles. The highest BCUT2D eigenvalue weighted by Crippen LogP contribution is 2.15. The van der Waals surface area contributed by atoms with Crippen LogP contribution >= 0.6 is 0 Å². The third-order valence-corrected chi connectivity index (χ3v) is 2.67. The van der Waals surface area contributed by atoms with Crippen LogP contribution in [0.3, 0.4) is 0 Å². The van der Waals surface area contributed by atoms with Gasteiger partial charge in [-0.25, -0.2) is 5.43 Å². The second kappa shape index (κ2) is 4.81. The van der Waals surface area contributed by atoms with Crippen LogP contribution in [-0.4, -0.2) is 13.1 Å². The molecule has 1 aromatic carbocycles. The van der Waals surface area contributed by atoms with Crippen molar-refractivity contribution in [3.05, 3.63) is 29.8 Å². The number of anilines is 1. The molecular weight excluding hydrogens is 186 g/mol. The van der Waals surface area contributed by atoms with Gasteiger partial charge in [-0.3, -0.25) is 0 Å². The Balaban J connectivity index is 2.10. The molecule has 1 saturated heterocycles. The molecule has 1 aromatic rings. The van der Waals surface area contributed by atoms with E-state index in [4.69, 9.17) is 5.26 Å². The van der Waals surface area contributed by atoms with Crippen molar-refractivity contribution >= 4 is 5.69 Å². The van der Waals surface area contributed by atoms with Gasteiger partial charge in [-0.05, 0) is 37.1 Å². The topological polar surface area (TPSA) is 39.1 Å². The van der Waals surface area contributed by atoms with Crippen molar-refractivity contribution in [3.8, 4) is 6.07 Å². The number of hydrogen-bond donors (Lipinski definition) is 1. The lowest BCUT2D eigenvalue weighted by atomic mass is 10.2. The Bertz CT molecular complexity index is 342. The van der Waals surface area contributed by atoms with E-state index in [0.717, 1.165) is 18.8 Å². The van der Waals surface area contributed by atoms with Crippen molar-refractivity contribution in [1.29, 1.82) is 5.26 Å². The van der Waals surface area contributed by atoms with E-state index in [1.54, 1.807) is 0 Å². The first kappa shape index (κ1) is 10.0. The fourth-order valence-corrected chi connectivity index (χ4v) is 1.80. The van der Waals surface area contributed by atoms with Crippen molar-refractivity contribution in [2.24, 2.45) is 0 Å². The molecule has 1 heterocycles. The average Bonchev–Trinajstić information content (AvgIpc) is 2.58. The molecular formula is C12H15N3. The summed E-state index contributed by atoms with van der Waals surface area (Å²) in [6.07, 6.45) is 3.76. The Morgan fingerprint density at radius 1 is 1.13 bits per heavy atom. The zero-order valence-electron chi connectivity index (χ0n) is 8.74. The van der Waals surface area contributed by atoms with Gasteiger partial charge in [-0.1, -0.05) is 6.42 Å². The van der Waals surface area contributed by atoms with Crippen molar-refractivity contribution in [2.45, 2.75) is 19.3 Å². The largest absolute Gasteiger partial charge is 0.308 e. The van der Waals surface area contributed by atoms with E-state index >= 15 is 0 Å². The molecule has 78 valence electrons. The molecule has 1 fully saturated rings. The Morgan fingerprint density at radius 2 is 1.93 bits per heavy atom. The van der Waals surface area contributed by atoms with Gasteiger partial charge in [0, 0.05) is 13.1 Å². The Hall–Kier alpha value is -1.53. The molecule has 1 aliphatic heterocycles. The molecule has 3 heteroatoms. The number of benzene rings is 1. The van der Waals surface area contributed by atoms with Crippen LogP contribution in [0.5, 0.6) is 0 Å². The molecule has 0 aromatic heterocycles. The van der Waals surface area contributed by atoms with Crippen molar-refractivity contribution in [1.82, 2.24) is 5.43 Å². The smallest absolute Gasteiger partial charge is 0.0991 e. The Kier molecular flexibility index (Phi) is 3.21. The summed E-state index contributed by atoms with van der Waals surface area (Å²) in [6, 6.07) is 9.85. The summed E-state index contributed by atoms with van der Waals surface area (Å²) in [5, 5.41) is 10.9. The van der Waals surface area contributed by atoms with Crippen LogP contribution in [-0.2, 0) is 0 Å². The highest BCUT2D eigenvalue weighted by molar-refractivity contribution is 5.48. The third-order valence-electron chi connectivity index (χ3n) is 2.67. The fraction of sp³-hybridized carbons (Fsp3) is 0.417. The Morgan fingerprint density at radius 3 is 2.67 bits per heavy atom. The summed E-state index contributed by atoms with van der Waals surface area (Å²) in [5.41, 5.74) is 5.25. The highest BCUT2D eigenvalue weighted by atomic mass is 15.5. The van der Waals surface area contributed by atoms with E-state index in [1.165, 1.54) is 19.3 Å². The minimum Gasteiger partial charge on any atom is -0.308 e. The first-order valence-electron chi connectivity index (χ1n) is 5.41. The van der Waals surface area contributed by atoms with Gasteiger partial charge in [0.05, 0.1) is 17.3 Å². The predicted octanol–water partition coefficient (Wildman–Crippen LogP) is 2.05. The number of nitrogens with one attached hydrogen (secondary N) is 1. The predicted molar refractivity (Wildman–Crippen MR) is 60.4 cm³/mol. The lowest BCUT2D eigenvalue weighted by Crippen LogP contribution is -2.37. The minimum atomic E-state index is 0.716. The van der Waals surface area contributed by atoms with Crippen LogP contribution in [0.2, 0.25) is 0 Å². The first-order chi connectivity index (χ1) is 7.40. The van der Waals surface area contributed by atoms with Crippen LogP contribution < -0.4 is 10.4 Å². The minimum absolute atomic E-state index is 0.716. The molecule has 0 bridgehead atoms. The number of rotatable bonds is 1. The monoisotopic (exact) mass is 201 g/mol. The quantitative estimate of drug-likeness (QED) is 0.755. The van der Waals surface area contributed by atoms with Gasteiger partial charge in [0.25, 0.3) is 0 Å². The van der Waals surface area contributed by atoms with E-state index in [0.29, 0.717) is 5.56 Å².